The normalized spacial score (nSPS) is 16.9. The van der Waals surface area contributed by atoms with Crippen LogP contribution in [-0.4, -0.2) is 14.3 Å². The number of hydrogen-bond acceptors (Lipinski definition) is 3. The minimum Gasteiger partial charge on any atom is -0.273 e. The number of amides is 1. The van der Waals surface area contributed by atoms with Crippen LogP contribution >= 0.6 is 11.6 Å². The molecular formula is C17H16ClNO3S. The molecule has 0 spiro atoms. The lowest BCUT2D eigenvalue weighted by molar-refractivity contribution is -0.120. The number of hydrogen-bond donors (Lipinski definition) is 1. The molecule has 0 saturated carbocycles. The molecule has 1 amide bonds. The number of benzene rings is 2. The minimum atomic E-state index is -3.87. The van der Waals surface area contributed by atoms with E-state index in [1.165, 1.54) is 6.07 Å². The number of fused-ring (bicyclic) bond motifs is 1. The molecule has 0 fully saturated rings. The predicted molar refractivity (Wildman–Crippen MR) is 89.0 cm³/mol. The maximum absolute atomic E-state index is 12.5. The zero-order valence-corrected chi connectivity index (χ0v) is 14.1. The van der Waals surface area contributed by atoms with Crippen LogP contribution in [0.25, 0.3) is 0 Å². The van der Waals surface area contributed by atoms with Crippen molar-refractivity contribution in [3.63, 3.8) is 0 Å². The van der Waals surface area contributed by atoms with Crippen LogP contribution < -0.4 is 4.72 Å². The largest absolute Gasteiger partial charge is 0.273 e. The Balaban J connectivity index is 1.87. The number of carbonyl (C=O) groups excluding carboxylic acids is 1. The van der Waals surface area contributed by atoms with Gasteiger partial charge in [-0.1, -0.05) is 41.9 Å². The molecule has 0 heterocycles. The van der Waals surface area contributed by atoms with Gasteiger partial charge in [0, 0.05) is 5.02 Å². The molecule has 0 saturated heterocycles. The molecule has 1 unspecified atom stereocenters. The molecule has 0 bridgehead atoms. The second kappa shape index (κ2) is 5.98. The third-order valence-electron chi connectivity index (χ3n) is 4.15. The first-order valence-corrected chi connectivity index (χ1v) is 9.16. The summed E-state index contributed by atoms with van der Waals surface area (Å²) in [6, 6.07) is 12.0. The van der Waals surface area contributed by atoms with Crippen LogP contribution in [0.4, 0.5) is 0 Å². The average molecular weight is 350 g/mol. The first-order chi connectivity index (χ1) is 10.9. The summed E-state index contributed by atoms with van der Waals surface area (Å²) >= 11 is 6.14. The second-order valence-corrected chi connectivity index (χ2v) is 7.69. The lowest BCUT2D eigenvalue weighted by Gasteiger charge is -2.14. The summed E-state index contributed by atoms with van der Waals surface area (Å²) in [6.45, 7) is 1.70. The molecule has 4 nitrogen and oxygen atoms in total. The van der Waals surface area contributed by atoms with Gasteiger partial charge in [0.05, 0.1) is 10.8 Å². The van der Waals surface area contributed by atoms with Gasteiger partial charge >= 0.3 is 0 Å². The lowest BCUT2D eigenvalue weighted by Crippen LogP contribution is -2.34. The van der Waals surface area contributed by atoms with Crippen LogP contribution in [0.5, 0.6) is 0 Å². The van der Waals surface area contributed by atoms with E-state index in [4.69, 9.17) is 11.6 Å². The molecule has 6 heteroatoms. The molecular weight excluding hydrogens is 334 g/mol. The van der Waals surface area contributed by atoms with Crippen molar-refractivity contribution in [1.82, 2.24) is 4.72 Å². The third-order valence-corrected chi connectivity index (χ3v) is 6.01. The molecule has 1 atom stereocenters. The molecule has 0 aromatic heterocycles. The standard InChI is InChI=1S/C17H16ClNO3S/c1-11-5-2-3-8-16(11)23(21,22)19-17(20)14-10-9-13-12(14)6-4-7-15(13)18/h2-8,14H,9-10H2,1H3,(H,19,20). The van der Waals surface area contributed by atoms with Crippen molar-refractivity contribution in [1.29, 1.82) is 0 Å². The Morgan fingerprint density at radius 3 is 2.65 bits per heavy atom. The third kappa shape index (κ3) is 2.99. The van der Waals surface area contributed by atoms with E-state index < -0.39 is 21.8 Å². The summed E-state index contributed by atoms with van der Waals surface area (Å²) < 4.78 is 27.1. The number of carbonyl (C=O) groups is 1. The highest BCUT2D eigenvalue weighted by molar-refractivity contribution is 7.90. The van der Waals surface area contributed by atoms with Crippen LogP contribution in [0.15, 0.2) is 47.4 Å². The smallest absolute Gasteiger partial charge is 0.264 e. The van der Waals surface area contributed by atoms with Crippen molar-refractivity contribution in [3.8, 4) is 0 Å². The number of sulfonamides is 1. The van der Waals surface area contributed by atoms with Crippen LogP contribution in [0, 0.1) is 6.92 Å². The summed E-state index contributed by atoms with van der Waals surface area (Å²) in [5.74, 6) is -0.989. The average Bonchev–Trinajstić information content (AvgIpc) is 2.92. The van der Waals surface area contributed by atoms with Gasteiger partial charge in [-0.3, -0.25) is 4.79 Å². The minimum absolute atomic E-state index is 0.123. The Bertz CT molecular complexity index is 877. The van der Waals surface area contributed by atoms with Crippen molar-refractivity contribution in [2.24, 2.45) is 0 Å². The fourth-order valence-corrected chi connectivity index (χ4v) is 4.54. The van der Waals surface area contributed by atoms with Gasteiger partial charge in [-0.2, -0.15) is 0 Å². The highest BCUT2D eigenvalue weighted by atomic mass is 35.5. The Labute approximate surface area is 140 Å². The zero-order valence-electron chi connectivity index (χ0n) is 12.5. The predicted octanol–water partition coefficient (Wildman–Crippen LogP) is 3.18. The van der Waals surface area contributed by atoms with Crippen LogP contribution in [0.3, 0.4) is 0 Å². The fourth-order valence-electron chi connectivity index (χ4n) is 3.00. The number of halogens is 1. The van der Waals surface area contributed by atoms with E-state index >= 15 is 0 Å². The van der Waals surface area contributed by atoms with E-state index in [1.54, 1.807) is 37.3 Å². The number of nitrogens with one attached hydrogen (secondary N) is 1. The van der Waals surface area contributed by atoms with E-state index in [-0.39, 0.29) is 4.90 Å². The Kier molecular flexibility index (Phi) is 4.17. The van der Waals surface area contributed by atoms with Gasteiger partial charge in [0.1, 0.15) is 0 Å². The van der Waals surface area contributed by atoms with Crippen molar-refractivity contribution in [2.75, 3.05) is 0 Å². The van der Waals surface area contributed by atoms with Gasteiger partial charge in [-0.25, -0.2) is 13.1 Å². The topological polar surface area (TPSA) is 63.2 Å². The van der Waals surface area contributed by atoms with E-state index in [0.717, 1.165) is 11.1 Å². The van der Waals surface area contributed by atoms with Crippen molar-refractivity contribution < 1.29 is 13.2 Å². The maximum atomic E-state index is 12.5. The van der Waals surface area contributed by atoms with Gasteiger partial charge in [0.25, 0.3) is 10.0 Å². The molecule has 2 aromatic rings. The lowest BCUT2D eigenvalue weighted by atomic mass is 10.0. The number of rotatable bonds is 3. The molecule has 1 aliphatic carbocycles. The first kappa shape index (κ1) is 16.0. The van der Waals surface area contributed by atoms with Gasteiger partial charge in [0.15, 0.2) is 0 Å². The van der Waals surface area contributed by atoms with Gasteiger partial charge in [-0.05, 0) is 48.6 Å². The molecule has 2 aromatic carbocycles. The fraction of sp³-hybridized carbons (Fsp3) is 0.235. The summed E-state index contributed by atoms with van der Waals surface area (Å²) in [7, 11) is -3.87. The zero-order chi connectivity index (χ0) is 16.6. The molecule has 1 N–H and O–H groups in total. The molecule has 0 radical (unpaired) electrons. The van der Waals surface area contributed by atoms with Crippen molar-refractivity contribution >= 4 is 27.5 Å². The van der Waals surface area contributed by atoms with Crippen molar-refractivity contribution in [3.05, 3.63) is 64.2 Å². The summed E-state index contributed by atoms with van der Waals surface area (Å²) in [5, 5.41) is 0.625. The van der Waals surface area contributed by atoms with Gasteiger partial charge in [-0.15, -0.1) is 0 Å². The molecule has 1 aliphatic rings. The van der Waals surface area contributed by atoms with E-state index in [9.17, 15) is 13.2 Å². The summed E-state index contributed by atoms with van der Waals surface area (Å²) in [6.07, 6.45) is 1.24. The quantitative estimate of drug-likeness (QED) is 0.925. The monoisotopic (exact) mass is 349 g/mol. The van der Waals surface area contributed by atoms with Crippen LogP contribution in [0.2, 0.25) is 5.02 Å². The van der Waals surface area contributed by atoms with Crippen molar-refractivity contribution in [2.45, 2.75) is 30.6 Å². The maximum Gasteiger partial charge on any atom is 0.264 e. The Hall–Kier alpha value is -1.85. The van der Waals surface area contributed by atoms with Crippen LogP contribution in [-0.2, 0) is 21.2 Å². The van der Waals surface area contributed by atoms with Gasteiger partial charge < -0.3 is 0 Å². The Morgan fingerprint density at radius 2 is 1.91 bits per heavy atom. The second-order valence-electron chi connectivity index (χ2n) is 5.63. The summed E-state index contributed by atoms with van der Waals surface area (Å²) in [4.78, 5) is 12.6. The molecule has 120 valence electrons. The van der Waals surface area contributed by atoms with Gasteiger partial charge in [0.2, 0.25) is 5.91 Å². The Morgan fingerprint density at radius 1 is 1.17 bits per heavy atom. The SMILES string of the molecule is Cc1ccccc1S(=O)(=O)NC(=O)C1CCc2c(Cl)cccc21. The van der Waals surface area contributed by atoms with E-state index in [1.807, 2.05) is 6.07 Å². The number of aryl methyl sites for hydroxylation is 1. The highest BCUT2D eigenvalue weighted by Gasteiger charge is 2.32. The first-order valence-electron chi connectivity index (χ1n) is 7.30. The molecule has 0 aliphatic heterocycles. The molecule has 23 heavy (non-hydrogen) atoms. The highest BCUT2D eigenvalue weighted by Crippen LogP contribution is 2.37. The van der Waals surface area contributed by atoms with E-state index in [2.05, 4.69) is 4.72 Å². The van der Waals surface area contributed by atoms with E-state index in [0.29, 0.717) is 23.4 Å². The van der Waals surface area contributed by atoms with Crippen LogP contribution in [0.1, 0.15) is 29.0 Å². The molecule has 3 rings (SSSR count). The summed E-state index contributed by atoms with van der Waals surface area (Å²) in [5.41, 5.74) is 2.35.